The number of amides is 2. The zero-order valence-electron chi connectivity index (χ0n) is 17.3. The highest BCUT2D eigenvalue weighted by atomic mass is 19.1. The standard InChI is InChI=1S/C23H19FN4O4/c1-30-16-9-11-19(20(13-16)31-2)26-23(29)25-15-8-10-18(24)17(12-15)22-28-27-21(32-22)14-6-4-3-5-7-14/h3-13H,1-2H3,(H2,25,26,29). The molecule has 4 aromatic rings. The molecular formula is C23H19FN4O4. The van der Waals surface area contributed by atoms with Crippen LogP contribution in [0.15, 0.2) is 71.1 Å². The van der Waals surface area contributed by atoms with Crippen LogP contribution in [0.2, 0.25) is 0 Å². The van der Waals surface area contributed by atoms with Crippen molar-refractivity contribution in [2.45, 2.75) is 0 Å². The van der Waals surface area contributed by atoms with E-state index in [0.29, 0.717) is 28.4 Å². The van der Waals surface area contributed by atoms with Gasteiger partial charge in [-0.2, -0.15) is 0 Å². The SMILES string of the molecule is COc1ccc(NC(=O)Nc2ccc(F)c(-c3nnc(-c4ccccc4)o3)c2)c(OC)c1. The van der Waals surface area contributed by atoms with Crippen LogP contribution in [0.5, 0.6) is 11.5 Å². The molecule has 0 saturated heterocycles. The number of methoxy groups -OCH3 is 2. The summed E-state index contributed by atoms with van der Waals surface area (Å²) < 4.78 is 30.5. The molecule has 0 spiro atoms. The Kier molecular flexibility index (Phi) is 5.98. The molecule has 162 valence electrons. The lowest BCUT2D eigenvalue weighted by atomic mass is 10.2. The van der Waals surface area contributed by atoms with Gasteiger partial charge in [0.2, 0.25) is 5.89 Å². The smallest absolute Gasteiger partial charge is 0.323 e. The van der Waals surface area contributed by atoms with Crippen molar-refractivity contribution in [3.63, 3.8) is 0 Å². The average molecular weight is 434 g/mol. The second-order valence-corrected chi connectivity index (χ2v) is 6.62. The number of halogens is 1. The number of aromatic nitrogens is 2. The Bertz CT molecular complexity index is 1240. The third kappa shape index (κ3) is 4.51. The highest BCUT2D eigenvalue weighted by Gasteiger charge is 2.16. The molecule has 2 N–H and O–H groups in total. The van der Waals surface area contributed by atoms with Gasteiger partial charge in [0.15, 0.2) is 0 Å². The minimum absolute atomic E-state index is 0.00207. The van der Waals surface area contributed by atoms with Crippen LogP contribution in [0, 0.1) is 5.82 Å². The van der Waals surface area contributed by atoms with Crippen molar-refractivity contribution in [1.82, 2.24) is 10.2 Å². The maximum Gasteiger partial charge on any atom is 0.323 e. The van der Waals surface area contributed by atoms with Gasteiger partial charge in [0.25, 0.3) is 5.89 Å². The van der Waals surface area contributed by atoms with Crippen LogP contribution in [0.25, 0.3) is 22.9 Å². The molecule has 0 bridgehead atoms. The first-order chi connectivity index (χ1) is 15.6. The van der Waals surface area contributed by atoms with E-state index in [1.165, 1.54) is 32.4 Å². The van der Waals surface area contributed by atoms with Crippen molar-refractivity contribution in [3.8, 4) is 34.4 Å². The van der Waals surface area contributed by atoms with Gasteiger partial charge in [0.1, 0.15) is 17.3 Å². The normalized spacial score (nSPS) is 10.5. The Hall–Kier alpha value is -4.40. The summed E-state index contributed by atoms with van der Waals surface area (Å²) in [6.45, 7) is 0. The number of benzene rings is 3. The van der Waals surface area contributed by atoms with Gasteiger partial charge in [-0.1, -0.05) is 18.2 Å². The average Bonchev–Trinajstić information content (AvgIpc) is 3.31. The van der Waals surface area contributed by atoms with E-state index in [1.807, 2.05) is 30.3 Å². The van der Waals surface area contributed by atoms with Crippen molar-refractivity contribution in [2.24, 2.45) is 0 Å². The lowest BCUT2D eigenvalue weighted by Gasteiger charge is -2.12. The second-order valence-electron chi connectivity index (χ2n) is 6.62. The Morgan fingerprint density at radius 1 is 0.906 bits per heavy atom. The molecule has 0 aliphatic heterocycles. The summed E-state index contributed by atoms with van der Waals surface area (Å²) in [4.78, 5) is 12.5. The monoisotopic (exact) mass is 434 g/mol. The van der Waals surface area contributed by atoms with Crippen molar-refractivity contribution >= 4 is 17.4 Å². The molecular weight excluding hydrogens is 415 g/mol. The molecule has 0 aliphatic carbocycles. The number of carbonyl (C=O) groups is 1. The predicted octanol–water partition coefficient (Wildman–Crippen LogP) is 5.20. The Morgan fingerprint density at radius 3 is 2.44 bits per heavy atom. The Morgan fingerprint density at radius 2 is 1.69 bits per heavy atom. The molecule has 0 radical (unpaired) electrons. The fourth-order valence-electron chi connectivity index (χ4n) is 2.98. The van der Waals surface area contributed by atoms with Gasteiger partial charge < -0.3 is 24.5 Å². The van der Waals surface area contributed by atoms with Crippen LogP contribution < -0.4 is 20.1 Å². The van der Waals surface area contributed by atoms with Crippen LogP contribution in [-0.4, -0.2) is 30.4 Å². The number of nitrogens with one attached hydrogen (secondary N) is 2. The number of hydrogen-bond donors (Lipinski definition) is 2. The minimum atomic E-state index is -0.559. The molecule has 0 aliphatic rings. The van der Waals surface area contributed by atoms with E-state index in [4.69, 9.17) is 13.9 Å². The third-order valence-electron chi connectivity index (χ3n) is 4.56. The van der Waals surface area contributed by atoms with Gasteiger partial charge in [-0.05, 0) is 42.5 Å². The third-order valence-corrected chi connectivity index (χ3v) is 4.56. The summed E-state index contributed by atoms with van der Waals surface area (Å²) in [5.41, 5.74) is 1.57. The Balaban J connectivity index is 1.52. The van der Waals surface area contributed by atoms with Crippen LogP contribution in [0.3, 0.4) is 0 Å². The number of nitrogens with zero attached hydrogens (tertiary/aromatic N) is 2. The molecule has 8 nitrogen and oxygen atoms in total. The minimum Gasteiger partial charge on any atom is -0.497 e. The van der Waals surface area contributed by atoms with Gasteiger partial charge in [-0.3, -0.25) is 0 Å². The van der Waals surface area contributed by atoms with Gasteiger partial charge in [-0.25, -0.2) is 9.18 Å². The fourth-order valence-corrected chi connectivity index (χ4v) is 2.98. The molecule has 0 atom stereocenters. The first-order valence-electron chi connectivity index (χ1n) is 9.56. The molecule has 1 heterocycles. The van der Waals surface area contributed by atoms with E-state index in [1.54, 1.807) is 18.2 Å². The molecule has 0 saturated carbocycles. The van der Waals surface area contributed by atoms with E-state index >= 15 is 0 Å². The molecule has 1 aromatic heterocycles. The molecule has 9 heteroatoms. The first kappa shape index (κ1) is 20.9. The van der Waals surface area contributed by atoms with Crippen LogP contribution >= 0.6 is 0 Å². The summed E-state index contributed by atoms with van der Waals surface area (Å²) in [5.74, 6) is 0.727. The van der Waals surface area contributed by atoms with E-state index in [-0.39, 0.29) is 17.3 Å². The largest absolute Gasteiger partial charge is 0.497 e. The van der Waals surface area contributed by atoms with Gasteiger partial charge in [0, 0.05) is 17.3 Å². The number of urea groups is 1. The summed E-state index contributed by atoms with van der Waals surface area (Å²) >= 11 is 0. The molecule has 4 rings (SSSR count). The van der Waals surface area contributed by atoms with Gasteiger partial charge in [0.05, 0.1) is 25.5 Å². The lowest BCUT2D eigenvalue weighted by molar-refractivity contribution is 0.262. The molecule has 2 amide bonds. The number of carbonyl (C=O) groups excluding carboxylic acids is 1. The van der Waals surface area contributed by atoms with E-state index in [9.17, 15) is 9.18 Å². The number of rotatable bonds is 6. The van der Waals surface area contributed by atoms with Crippen molar-refractivity contribution in [1.29, 1.82) is 0 Å². The van der Waals surface area contributed by atoms with E-state index < -0.39 is 11.8 Å². The maximum atomic E-state index is 14.4. The summed E-state index contributed by atoms with van der Waals surface area (Å²) in [6.07, 6.45) is 0. The first-order valence-corrected chi connectivity index (χ1v) is 9.56. The number of anilines is 2. The fraction of sp³-hybridized carbons (Fsp3) is 0.0870. The second kappa shape index (κ2) is 9.17. The summed E-state index contributed by atoms with van der Waals surface area (Å²) in [5, 5.41) is 13.3. The lowest BCUT2D eigenvalue weighted by Crippen LogP contribution is -2.19. The number of ether oxygens (including phenoxy) is 2. The topological polar surface area (TPSA) is 98.5 Å². The van der Waals surface area contributed by atoms with Crippen LogP contribution in [-0.2, 0) is 0 Å². The highest BCUT2D eigenvalue weighted by Crippen LogP contribution is 2.30. The van der Waals surface area contributed by atoms with E-state index in [0.717, 1.165) is 0 Å². The van der Waals surface area contributed by atoms with Crippen LogP contribution in [0.4, 0.5) is 20.6 Å². The quantitative estimate of drug-likeness (QED) is 0.433. The van der Waals surface area contributed by atoms with Crippen molar-refractivity contribution in [3.05, 3.63) is 72.5 Å². The van der Waals surface area contributed by atoms with Gasteiger partial charge >= 0.3 is 6.03 Å². The molecule has 3 aromatic carbocycles. The summed E-state index contributed by atoms with van der Waals surface area (Å²) in [7, 11) is 3.02. The van der Waals surface area contributed by atoms with Crippen LogP contribution in [0.1, 0.15) is 0 Å². The molecule has 32 heavy (non-hydrogen) atoms. The predicted molar refractivity (Wildman–Crippen MR) is 117 cm³/mol. The zero-order valence-corrected chi connectivity index (χ0v) is 17.3. The maximum absolute atomic E-state index is 14.4. The molecule has 0 fully saturated rings. The molecule has 0 unspecified atom stereocenters. The van der Waals surface area contributed by atoms with Crippen molar-refractivity contribution in [2.75, 3.05) is 24.9 Å². The zero-order chi connectivity index (χ0) is 22.5. The number of hydrogen-bond acceptors (Lipinski definition) is 6. The summed E-state index contributed by atoms with van der Waals surface area (Å²) in [6, 6.07) is 17.7. The highest BCUT2D eigenvalue weighted by molar-refractivity contribution is 6.01. The Labute approximate surface area is 183 Å². The van der Waals surface area contributed by atoms with E-state index in [2.05, 4.69) is 20.8 Å². The van der Waals surface area contributed by atoms with Gasteiger partial charge in [-0.15, -0.1) is 10.2 Å². The van der Waals surface area contributed by atoms with Crippen molar-refractivity contribution < 1.29 is 23.1 Å².